The molecule has 0 aromatic carbocycles. The number of carbonyl (C=O) groups excluding carboxylic acids is 2. The maximum atomic E-state index is 13.4. The molecule has 4 fully saturated rings. The number of hydrogen-bond donors (Lipinski definition) is 2. The summed E-state index contributed by atoms with van der Waals surface area (Å²) in [7, 11) is 0. The van der Waals surface area contributed by atoms with Crippen molar-refractivity contribution in [2.75, 3.05) is 6.54 Å². The molecule has 9 atom stereocenters. The minimum absolute atomic E-state index is 0.0581. The first-order chi connectivity index (χ1) is 15.3. The number of carbonyl (C=O) groups is 2. The van der Waals surface area contributed by atoms with Crippen LogP contribution < -0.4 is 5.73 Å². The molecule has 32 heavy (non-hydrogen) atoms. The summed E-state index contributed by atoms with van der Waals surface area (Å²) in [4.78, 5) is 25.6. The van der Waals surface area contributed by atoms with E-state index in [4.69, 9.17) is 15.2 Å². The number of fused-ring (bicyclic) bond motifs is 8. The van der Waals surface area contributed by atoms with E-state index in [1.54, 1.807) is 12.2 Å². The molecule has 6 heteroatoms. The largest absolute Gasteiger partial charge is 0.393 e. The summed E-state index contributed by atoms with van der Waals surface area (Å²) >= 11 is 0. The van der Waals surface area contributed by atoms with E-state index in [0.29, 0.717) is 6.42 Å². The lowest BCUT2D eigenvalue weighted by atomic mass is 9.51. The molecule has 3 saturated carbocycles. The Balaban J connectivity index is 1.54. The smallest absolute Gasteiger partial charge is 0.181 e. The van der Waals surface area contributed by atoms with Gasteiger partial charge in [0.1, 0.15) is 0 Å². The zero-order valence-electron chi connectivity index (χ0n) is 19.3. The highest BCUT2D eigenvalue weighted by atomic mass is 16.7. The van der Waals surface area contributed by atoms with Crippen molar-refractivity contribution in [3.63, 3.8) is 0 Å². The maximum Gasteiger partial charge on any atom is 0.181 e. The standard InChI is InChI=1S/C26H37NO5/c1-3-5-23-31-22-12-19-18-7-4-6-15-10-16(8-9-17(28)11-15)24(18)20(29)13-25(19,2)26(22,32-23)21(30)14-27/h8-9,11,16,18-20,22-24,29H,3-7,10,12-14,27H2,1-2H3/t16-,18-,19?,20+,22-,23?,24?,25+,26-/m1/s1. The van der Waals surface area contributed by atoms with Crippen LogP contribution in [-0.4, -0.2) is 47.3 Å². The fraction of sp³-hybridized carbons (Fsp3) is 0.769. The van der Waals surface area contributed by atoms with Crippen LogP contribution in [0.4, 0.5) is 0 Å². The third-order valence-corrected chi connectivity index (χ3v) is 9.32. The van der Waals surface area contributed by atoms with E-state index >= 15 is 0 Å². The van der Waals surface area contributed by atoms with Crippen molar-refractivity contribution < 1.29 is 24.2 Å². The summed E-state index contributed by atoms with van der Waals surface area (Å²) in [5, 5.41) is 11.6. The minimum Gasteiger partial charge on any atom is -0.393 e. The molecule has 0 radical (unpaired) electrons. The second-order valence-corrected chi connectivity index (χ2v) is 10.9. The Kier molecular flexibility index (Phi) is 5.72. The number of ether oxygens (including phenoxy) is 2. The molecule has 3 N–H and O–H groups in total. The number of ketones is 2. The van der Waals surface area contributed by atoms with Gasteiger partial charge < -0.3 is 20.3 Å². The Morgan fingerprint density at radius 1 is 1.38 bits per heavy atom. The van der Waals surface area contributed by atoms with Crippen LogP contribution in [0.15, 0.2) is 23.8 Å². The van der Waals surface area contributed by atoms with Gasteiger partial charge in [-0.15, -0.1) is 0 Å². The molecule has 0 spiro atoms. The Morgan fingerprint density at radius 3 is 2.94 bits per heavy atom. The molecule has 2 bridgehead atoms. The molecule has 1 aliphatic heterocycles. The van der Waals surface area contributed by atoms with Crippen LogP contribution >= 0.6 is 0 Å². The van der Waals surface area contributed by atoms with E-state index in [9.17, 15) is 14.7 Å². The number of allylic oxidation sites excluding steroid dienone is 4. The zero-order chi connectivity index (χ0) is 22.7. The van der Waals surface area contributed by atoms with Gasteiger partial charge >= 0.3 is 0 Å². The first kappa shape index (κ1) is 22.5. The van der Waals surface area contributed by atoms with Gasteiger partial charge in [-0.1, -0.05) is 31.9 Å². The lowest BCUT2D eigenvalue weighted by Gasteiger charge is -2.55. The number of rotatable bonds is 4. The molecule has 1 saturated heterocycles. The van der Waals surface area contributed by atoms with Gasteiger partial charge in [0.15, 0.2) is 23.5 Å². The van der Waals surface area contributed by atoms with Crippen LogP contribution in [0.1, 0.15) is 65.2 Å². The highest BCUT2D eigenvalue weighted by Crippen LogP contribution is 2.67. The summed E-state index contributed by atoms with van der Waals surface area (Å²) < 4.78 is 12.9. The van der Waals surface area contributed by atoms with E-state index < -0.39 is 17.1 Å². The average molecular weight is 444 g/mol. The van der Waals surface area contributed by atoms with Crippen molar-refractivity contribution in [3.05, 3.63) is 23.8 Å². The van der Waals surface area contributed by atoms with Crippen LogP contribution in [0.25, 0.3) is 0 Å². The monoisotopic (exact) mass is 443 g/mol. The van der Waals surface area contributed by atoms with Crippen LogP contribution in [-0.2, 0) is 19.1 Å². The molecule has 3 unspecified atom stereocenters. The molecule has 5 aliphatic rings. The molecule has 176 valence electrons. The highest BCUT2D eigenvalue weighted by molar-refractivity contribution is 6.00. The van der Waals surface area contributed by atoms with E-state index in [-0.39, 0.29) is 54.2 Å². The molecule has 4 aliphatic carbocycles. The van der Waals surface area contributed by atoms with Gasteiger partial charge in [0.05, 0.1) is 18.8 Å². The Labute approximate surface area is 190 Å². The SMILES string of the molecule is CCCC1O[C@@H]2CC3[C@H]4CCCC5=CC(=O)C=C[C@H](C5)C4[C@@H](O)C[C@]3(C)[C@]2(C(=O)CN)O1. The second kappa shape index (κ2) is 8.15. The highest BCUT2D eigenvalue weighted by Gasteiger charge is 2.74. The van der Waals surface area contributed by atoms with Crippen molar-refractivity contribution >= 4 is 11.6 Å². The van der Waals surface area contributed by atoms with Crippen molar-refractivity contribution in [2.24, 2.45) is 34.8 Å². The van der Waals surface area contributed by atoms with Crippen molar-refractivity contribution in [3.8, 4) is 0 Å². The summed E-state index contributed by atoms with van der Waals surface area (Å²) in [6.07, 6.45) is 10.9. The van der Waals surface area contributed by atoms with Gasteiger partial charge in [-0.2, -0.15) is 0 Å². The van der Waals surface area contributed by atoms with E-state index in [1.165, 1.54) is 5.57 Å². The topological polar surface area (TPSA) is 98.9 Å². The molecule has 6 nitrogen and oxygen atoms in total. The number of aliphatic hydroxyl groups excluding tert-OH is 1. The summed E-state index contributed by atoms with van der Waals surface area (Å²) in [5.74, 6) is 0.674. The first-order valence-corrected chi connectivity index (χ1v) is 12.5. The number of aliphatic hydroxyl groups is 1. The third-order valence-electron chi connectivity index (χ3n) is 9.32. The minimum atomic E-state index is -1.07. The lowest BCUT2D eigenvalue weighted by Crippen LogP contribution is -2.62. The van der Waals surface area contributed by atoms with Gasteiger partial charge in [-0.3, -0.25) is 9.59 Å². The Bertz CT molecular complexity index is 851. The third kappa shape index (κ3) is 3.13. The summed E-state index contributed by atoms with van der Waals surface area (Å²) in [6.45, 7) is 4.14. The van der Waals surface area contributed by atoms with Crippen LogP contribution in [0.2, 0.25) is 0 Å². The number of Topliss-reactive ketones (excluding diaryl/α,β-unsaturated/α-hetero) is 1. The average Bonchev–Trinajstić information content (AvgIpc) is 3.12. The van der Waals surface area contributed by atoms with Crippen LogP contribution in [0, 0.1) is 29.1 Å². The van der Waals surface area contributed by atoms with E-state index in [2.05, 4.69) is 13.8 Å². The number of nitrogens with two attached hydrogens (primary N) is 1. The Morgan fingerprint density at radius 2 is 2.19 bits per heavy atom. The zero-order valence-corrected chi connectivity index (χ0v) is 19.3. The van der Waals surface area contributed by atoms with E-state index in [1.807, 2.05) is 6.08 Å². The molecule has 0 amide bonds. The van der Waals surface area contributed by atoms with E-state index in [0.717, 1.165) is 44.9 Å². The first-order valence-electron chi connectivity index (χ1n) is 12.5. The quantitative estimate of drug-likeness (QED) is 0.693. The molecule has 0 aromatic heterocycles. The summed E-state index contributed by atoms with van der Waals surface area (Å²) in [5.41, 5.74) is 5.54. The van der Waals surface area contributed by atoms with Crippen molar-refractivity contribution in [1.82, 2.24) is 0 Å². The predicted octanol–water partition coefficient (Wildman–Crippen LogP) is 3.07. The summed E-state index contributed by atoms with van der Waals surface area (Å²) in [6, 6.07) is 0. The van der Waals surface area contributed by atoms with Gasteiger partial charge in [0, 0.05) is 5.41 Å². The predicted molar refractivity (Wildman–Crippen MR) is 119 cm³/mol. The van der Waals surface area contributed by atoms with Crippen LogP contribution in [0.5, 0.6) is 0 Å². The maximum absolute atomic E-state index is 13.4. The molecule has 1 heterocycles. The molecule has 0 aromatic rings. The molecule has 5 rings (SSSR count). The van der Waals surface area contributed by atoms with Gasteiger partial charge in [-0.05, 0) is 80.8 Å². The number of hydrogen-bond acceptors (Lipinski definition) is 6. The Hall–Kier alpha value is -1.34. The van der Waals surface area contributed by atoms with Crippen molar-refractivity contribution in [2.45, 2.75) is 89.3 Å². The van der Waals surface area contributed by atoms with Crippen molar-refractivity contribution in [1.29, 1.82) is 0 Å². The van der Waals surface area contributed by atoms with Gasteiger partial charge in [0.25, 0.3) is 0 Å². The lowest BCUT2D eigenvalue weighted by molar-refractivity contribution is -0.194. The van der Waals surface area contributed by atoms with Gasteiger partial charge in [0.2, 0.25) is 0 Å². The molecular weight excluding hydrogens is 406 g/mol. The normalized spacial score (nSPS) is 47.6. The fourth-order valence-electron chi connectivity index (χ4n) is 8.13. The molecular formula is C26H37NO5. The second-order valence-electron chi connectivity index (χ2n) is 10.9. The van der Waals surface area contributed by atoms with Crippen LogP contribution in [0.3, 0.4) is 0 Å². The van der Waals surface area contributed by atoms with Gasteiger partial charge in [-0.25, -0.2) is 0 Å². The fourth-order valence-corrected chi connectivity index (χ4v) is 8.13.